The third kappa shape index (κ3) is 6.02. The fourth-order valence-corrected chi connectivity index (χ4v) is 5.84. The Morgan fingerprint density at radius 1 is 0.923 bits per heavy atom. The Labute approximate surface area is 233 Å². The van der Waals surface area contributed by atoms with Crippen molar-refractivity contribution in [3.8, 4) is 11.5 Å². The Morgan fingerprint density at radius 2 is 1.59 bits per heavy atom. The van der Waals surface area contributed by atoms with Crippen LogP contribution in [0.2, 0.25) is 5.02 Å². The third-order valence-corrected chi connectivity index (χ3v) is 8.35. The Hall–Kier alpha value is -4.01. The number of anilines is 1. The molecular weight excluding hydrogens is 536 g/mol. The maximum atomic E-state index is 13.9. The van der Waals surface area contributed by atoms with E-state index in [-0.39, 0.29) is 35.8 Å². The van der Waals surface area contributed by atoms with Gasteiger partial charge in [-0.25, -0.2) is 8.42 Å². The Balaban J connectivity index is 1.43. The van der Waals surface area contributed by atoms with Gasteiger partial charge >= 0.3 is 0 Å². The second kappa shape index (κ2) is 11.4. The van der Waals surface area contributed by atoms with Gasteiger partial charge in [0.1, 0.15) is 12.7 Å². The molecule has 0 fully saturated rings. The van der Waals surface area contributed by atoms with Gasteiger partial charge in [0.25, 0.3) is 15.9 Å². The van der Waals surface area contributed by atoms with Crippen molar-refractivity contribution in [2.75, 3.05) is 17.5 Å². The first-order valence-corrected chi connectivity index (χ1v) is 14.2. The molecule has 0 saturated heterocycles. The van der Waals surface area contributed by atoms with Crippen LogP contribution in [0.4, 0.5) is 5.69 Å². The topological polar surface area (TPSA) is 84.9 Å². The van der Waals surface area contributed by atoms with E-state index in [9.17, 15) is 13.2 Å². The summed E-state index contributed by atoms with van der Waals surface area (Å²) in [5.41, 5.74) is 2.14. The fourth-order valence-electron chi connectivity index (χ4n) is 4.24. The molecule has 0 spiro atoms. The molecule has 1 N–H and O–H groups in total. The summed E-state index contributed by atoms with van der Waals surface area (Å²) in [5.74, 6) is 0.847. The lowest BCUT2D eigenvalue weighted by molar-refractivity contribution is 0.0789. The van der Waals surface area contributed by atoms with Crippen molar-refractivity contribution in [2.24, 2.45) is 0 Å². The number of carbonyl (C=O) groups excluding carboxylic acids is 1. The highest BCUT2D eigenvalue weighted by Gasteiger charge is 2.29. The van der Waals surface area contributed by atoms with E-state index < -0.39 is 22.0 Å². The molecule has 9 heteroatoms. The minimum absolute atomic E-state index is 0.00797. The van der Waals surface area contributed by atoms with E-state index in [0.717, 1.165) is 11.1 Å². The van der Waals surface area contributed by atoms with E-state index >= 15 is 0 Å². The lowest BCUT2D eigenvalue weighted by Crippen LogP contribution is -2.41. The van der Waals surface area contributed by atoms with Crippen LogP contribution in [0.15, 0.2) is 102 Å². The van der Waals surface area contributed by atoms with Gasteiger partial charge in [-0.2, -0.15) is 0 Å². The van der Waals surface area contributed by atoms with Crippen LogP contribution in [-0.4, -0.2) is 33.6 Å². The summed E-state index contributed by atoms with van der Waals surface area (Å²) < 4.78 is 40.8. The normalized spacial score (nSPS) is 14.5. The first-order chi connectivity index (χ1) is 18.8. The number of halogens is 1. The Bertz CT molecular complexity index is 1570. The van der Waals surface area contributed by atoms with Crippen LogP contribution in [0.5, 0.6) is 11.5 Å². The summed E-state index contributed by atoms with van der Waals surface area (Å²) in [5, 5.41) is 3.43. The van der Waals surface area contributed by atoms with Gasteiger partial charge in [-0.05, 0) is 61.0 Å². The number of rotatable bonds is 8. The number of fused-ring (bicyclic) bond motifs is 1. The standard InChI is InChI=1S/C30H27ClN2O5S/c1-21-10-16-25(17-11-21)39(35,36)33(19-22-12-14-23(31)15-13-22)27-7-3-2-6-26(27)30(34)32-18-24-20-37-28-8-4-5-9-29(28)38-24/h2-17,24H,18-20H2,1H3,(H,32,34)/t24-/m1/s1. The monoisotopic (exact) mass is 562 g/mol. The van der Waals surface area contributed by atoms with Gasteiger partial charge in [0.2, 0.25) is 0 Å². The van der Waals surface area contributed by atoms with Crippen molar-refractivity contribution in [1.29, 1.82) is 0 Å². The first kappa shape index (κ1) is 26.6. The molecule has 1 aliphatic heterocycles. The highest BCUT2D eigenvalue weighted by atomic mass is 35.5. The number of hydrogen-bond donors (Lipinski definition) is 1. The van der Waals surface area contributed by atoms with Gasteiger partial charge in [0, 0.05) is 5.02 Å². The number of ether oxygens (including phenoxy) is 2. The number of sulfonamides is 1. The quantitative estimate of drug-likeness (QED) is 0.301. The van der Waals surface area contributed by atoms with E-state index in [4.69, 9.17) is 21.1 Å². The number of para-hydroxylation sites is 3. The molecule has 0 aromatic heterocycles. The summed E-state index contributed by atoms with van der Waals surface area (Å²) >= 11 is 6.06. The first-order valence-electron chi connectivity index (χ1n) is 12.4. The molecule has 200 valence electrons. The molecule has 4 aromatic rings. The molecule has 0 radical (unpaired) electrons. The summed E-state index contributed by atoms with van der Waals surface area (Å²) in [6.07, 6.45) is -0.391. The zero-order valence-corrected chi connectivity index (χ0v) is 22.8. The van der Waals surface area contributed by atoms with Crippen LogP contribution < -0.4 is 19.1 Å². The number of hydrogen-bond acceptors (Lipinski definition) is 5. The minimum atomic E-state index is -4.03. The second-order valence-electron chi connectivity index (χ2n) is 9.18. The van der Waals surface area contributed by atoms with Crippen LogP contribution in [0.1, 0.15) is 21.5 Å². The summed E-state index contributed by atoms with van der Waals surface area (Å²) in [4.78, 5) is 13.5. The van der Waals surface area contributed by atoms with E-state index in [1.807, 2.05) is 31.2 Å². The van der Waals surface area contributed by atoms with Crippen LogP contribution >= 0.6 is 11.6 Å². The molecule has 1 atom stereocenters. The van der Waals surface area contributed by atoms with Gasteiger partial charge in [-0.1, -0.05) is 65.7 Å². The van der Waals surface area contributed by atoms with Crippen molar-refractivity contribution >= 4 is 33.2 Å². The summed E-state index contributed by atoms with van der Waals surface area (Å²) in [7, 11) is -4.03. The Kier molecular flexibility index (Phi) is 7.77. The van der Waals surface area contributed by atoms with Gasteiger partial charge < -0.3 is 14.8 Å². The van der Waals surface area contributed by atoms with Gasteiger partial charge in [0.15, 0.2) is 11.5 Å². The molecule has 0 saturated carbocycles. The fraction of sp³-hybridized carbons (Fsp3) is 0.167. The minimum Gasteiger partial charge on any atom is -0.486 e. The predicted octanol–water partition coefficient (Wildman–Crippen LogP) is 5.61. The van der Waals surface area contributed by atoms with Crippen LogP contribution in [0.25, 0.3) is 0 Å². The SMILES string of the molecule is Cc1ccc(S(=O)(=O)N(Cc2ccc(Cl)cc2)c2ccccc2C(=O)NC[C@@H]2COc3ccccc3O2)cc1. The highest BCUT2D eigenvalue weighted by molar-refractivity contribution is 7.92. The van der Waals surface area contributed by atoms with Crippen LogP contribution in [0.3, 0.4) is 0 Å². The molecule has 1 heterocycles. The summed E-state index contributed by atoms with van der Waals surface area (Å²) in [6, 6.07) is 27.6. The number of benzene rings is 4. The molecule has 0 bridgehead atoms. The number of carbonyl (C=O) groups is 1. The number of aryl methyl sites for hydroxylation is 1. The van der Waals surface area contributed by atoms with E-state index in [1.165, 1.54) is 4.31 Å². The second-order valence-corrected chi connectivity index (χ2v) is 11.5. The summed E-state index contributed by atoms with van der Waals surface area (Å²) in [6.45, 7) is 2.36. The molecule has 1 amide bonds. The van der Waals surface area contributed by atoms with Crippen molar-refractivity contribution in [3.05, 3.63) is 119 Å². The van der Waals surface area contributed by atoms with Crippen molar-refractivity contribution in [2.45, 2.75) is 24.5 Å². The van der Waals surface area contributed by atoms with Crippen molar-refractivity contribution < 1.29 is 22.7 Å². The maximum Gasteiger partial charge on any atom is 0.264 e. The molecule has 5 rings (SSSR count). The number of nitrogens with one attached hydrogen (secondary N) is 1. The zero-order chi connectivity index (χ0) is 27.4. The molecule has 0 unspecified atom stereocenters. The molecule has 1 aliphatic rings. The van der Waals surface area contributed by atoms with Crippen LogP contribution in [-0.2, 0) is 16.6 Å². The molecular formula is C30H27ClN2O5S. The molecule has 39 heavy (non-hydrogen) atoms. The average Bonchev–Trinajstić information content (AvgIpc) is 2.95. The number of amides is 1. The zero-order valence-electron chi connectivity index (χ0n) is 21.2. The largest absolute Gasteiger partial charge is 0.486 e. The van der Waals surface area contributed by atoms with E-state index in [2.05, 4.69) is 5.32 Å². The van der Waals surface area contributed by atoms with E-state index in [0.29, 0.717) is 16.5 Å². The van der Waals surface area contributed by atoms with Gasteiger partial charge in [-0.3, -0.25) is 9.10 Å². The molecule has 0 aliphatic carbocycles. The smallest absolute Gasteiger partial charge is 0.264 e. The number of nitrogens with zero attached hydrogens (tertiary/aromatic N) is 1. The third-order valence-electron chi connectivity index (χ3n) is 6.32. The van der Waals surface area contributed by atoms with Crippen molar-refractivity contribution in [3.63, 3.8) is 0 Å². The van der Waals surface area contributed by atoms with E-state index in [1.54, 1.807) is 72.8 Å². The lowest BCUT2D eigenvalue weighted by Gasteiger charge is -2.28. The predicted molar refractivity (Wildman–Crippen MR) is 151 cm³/mol. The molecule has 4 aromatic carbocycles. The highest BCUT2D eigenvalue weighted by Crippen LogP contribution is 2.32. The average molecular weight is 563 g/mol. The van der Waals surface area contributed by atoms with Crippen molar-refractivity contribution in [1.82, 2.24) is 5.32 Å². The molecule has 7 nitrogen and oxygen atoms in total. The maximum absolute atomic E-state index is 13.9. The van der Waals surface area contributed by atoms with Gasteiger partial charge in [0.05, 0.1) is 29.2 Å². The van der Waals surface area contributed by atoms with Gasteiger partial charge in [-0.15, -0.1) is 0 Å². The Morgan fingerprint density at radius 3 is 2.33 bits per heavy atom. The van der Waals surface area contributed by atoms with Crippen LogP contribution in [0, 0.1) is 6.92 Å². The lowest BCUT2D eigenvalue weighted by atomic mass is 10.1.